The summed E-state index contributed by atoms with van der Waals surface area (Å²) in [5, 5.41) is 2.14. The predicted octanol–water partition coefficient (Wildman–Crippen LogP) is 5.38. The summed E-state index contributed by atoms with van der Waals surface area (Å²) in [5.41, 5.74) is 3.48. The average Bonchev–Trinajstić information content (AvgIpc) is 3.12. The van der Waals surface area contributed by atoms with Crippen LogP contribution in [0.1, 0.15) is 50.3 Å². The molecule has 2 aliphatic rings. The summed E-state index contributed by atoms with van der Waals surface area (Å²) in [6.45, 7) is 2.97. The van der Waals surface area contributed by atoms with Crippen LogP contribution < -0.4 is 0 Å². The smallest absolute Gasteiger partial charge is 0.254 e. The van der Waals surface area contributed by atoms with Gasteiger partial charge < -0.3 is 4.90 Å². The molecule has 1 aromatic carbocycles. The number of benzene rings is 1. The summed E-state index contributed by atoms with van der Waals surface area (Å²) in [6.07, 6.45) is 2.29. The summed E-state index contributed by atoms with van der Waals surface area (Å²) < 4.78 is 0.533. The molecule has 0 N–H and O–H groups in total. The summed E-state index contributed by atoms with van der Waals surface area (Å²) in [6, 6.07) is 10.7. The number of hydrogen-bond donors (Lipinski definition) is 0. The SMILES string of the molecule is C[C@H]1c2ccsc2CCN1C(=O)c1ccc(C2SCCCS2)cc1. The molecule has 1 atom stereocenters. The van der Waals surface area contributed by atoms with E-state index in [1.165, 1.54) is 33.9 Å². The Labute approximate surface area is 156 Å². The van der Waals surface area contributed by atoms with Gasteiger partial charge in [-0.2, -0.15) is 0 Å². The first-order chi connectivity index (χ1) is 11.7. The van der Waals surface area contributed by atoms with Crippen LogP contribution in [0.2, 0.25) is 0 Å². The zero-order valence-corrected chi connectivity index (χ0v) is 16.2. The number of fused-ring (bicyclic) bond motifs is 1. The number of thiophene rings is 1. The van der Waals surface area contributed by atoms with Crippen molar-refractivity contribution in [3.8, 4) is 0 Å². The topological polar surface area (TPSA) is 20.3 Å². The fourth-order valence-electron chi connectivity index (χ4n) is 3.42. The minimum Gasteiger partial charge on any atom is -0.331 e. The molecular formula is C19H21NOS3. The van der Waals surface area contributed by atoms with Gasteiger partial charge in [0.2, 0.25) is 0 Å². The highest BCUT2D eigenvalue weighted by molar-refractivity contribution is 8.16. The number of carbonyl (C=O) groups excluding carboxylic acids is 1. The molecule has 2 aliphatic heterocycles. The zero-order chi connectivity index (χ0) is 16.5. The van der Waals surface area contributed by atoms with Crippen molar-refractivity contribution in [2.45, 2.75) is 30.4 Å². The van der Waals surface area contributed by atoms with E-state index in [0.29, 0.717) is 4.58 Å². The summed E-state index contributed by atoms with van der Waals surface area (Å²) in [7, 11) is 0. The van der Waals surface area contributed by atoms with Crippen molar-refractivity contribution >= 4 is 40.8 Å². The lowest BCUT2D eigenvalue weighted by molar-refractivity contribution is 0.0679. The number of carbonyl (C=O) groups is 1. The number of thioether (sulfide) groups is 2. The van der Waals surface area contributed by atoms with Crippen molar-refractivity contribution in [1.29, 1.82) is 0 Å². The second kappa shape index (κ2) is 7.14. The Morgan fingerprint density at radius 2 is 1.88 bits per heavy atom. The van der Waals surface area contributed by atoms with Gasteiger partial charge in [0, 0.05) is 17.0 Å². The second-order valence-corrected chi connectivity index (χ2v) is 10.00. The van der Waals surface area contributed by atoms with Gasteiger partial charge in [0.05, 0.1) is 10.6 Å². The van der Waals surface area contributed by atoms with Crippen LogP contribution in [0, 0.1) is 0 Å². The summed E-state index contributed by atoms with van der Waals surface area (Å²) >= 11 is 5.86. The molecule has 0 unspecified atom stereocenters. The number of nitrogens with zero attached hydrogens (tertiary/aromatic N) is 1. The molecule has 126 valence electrons. The Kier molecular flexibility index (Phi) is 4.93. The third kappa shape index (κ3) is 3.14. The van der Waals surface area contributed by atoms with E-state index in [1.54, 1.807) is 0 Å². The summed E-state index contributed by atoms with van der Waals surface area (Å²) in [5.74, 6) is 2.65. The van der Waals surface area contributed by atoms with Gasteiger partial charge >= 0.3 is 0 Å². The lowest BCUT2D eigenvalue weighted by Gasteiger charge is -2.33. The van der Waals surface area contributed by atoms with Gasteiger partial charge in [-0.1, -0.05) is 12.1 Å². The molecule has 0 radical (unpaired) electrons. The van der Waals surface area contributed by atoms with Crippen LogP contribution in [0.25, 0.3) is 0 Å². The molecule has 1 aromatic heterocycles. The van der Waals surface area contributed by atoms with Crippen LogP contribution in [-0.2, 0) is 6.42 Å². The summed E-state index contributed by atoms with van der Waals surface area (Å²) in [4.78, 5) is 16.4. The van der Waals surface area contributed by atoms with E-state index < -0.39 is 0 Å². The standard InChI is InChI=1S/C19H21NOS3/c1-13-16-8-12-22-17(16)7-9-20(13)18(21)14-3-5-15(6-4-14)19-23-10-2-11-24-19/h3-6,8,12-13,19H,2,7,9-11H2,1H3/t13-/m0/s1. The van der Waals surface area contributed by atoms with Gasteiger partial charge in [-0.25, -0.2) is 0 Å². The monoisotopic (exact) mass is 375 g/mol. The molecule has 4 rings (SSSR count). The maximum atomic E-state index is 12.9. The molecule has 0 spiro atoms. The molecule has 0 bridgehead atoms. The Bertz CT molecular complexity index is 718. The van der Waals surface area contributed by atoms with Gasteiger partial charge in [0.25, 0.3) is 5.91 Å². The van der Waals surface area contributed by atoms with Crippen molar-refractivity contribution in [3.63, 3.8) is 0 Å². The van der Waals surface area contributed by atoms with E-state index in [-0.39, 0.29) is 11.9 Å². The van der Waals surface area contributed by atoms with E-state index >= 15 is 0 Å². The van der Waals surface area contributed by atoms with Gasteiger partial charge in [0.15, 0.2) is 0 Å². The number of hydrogen-bond acceptors (Lipinski definition) is 4. The van der Waals surface area contributed by atoms with Crippen molar-refractivity contribution in [2.75, 3.05) is 18.1 Å². The van der Waals surface area contributed by atoms with Crippen LogP contribution >= 0.6 is 34.9 Å². The highest BCUT2D eigenvalue weighted by Gasteiger charge is 2.29. The molecule has 2 aromatic rings. The quantitative estimate of drug-likeness (QED) is 0.703. The van der Waals surface area contributed by atoms with Gasteiger partial charge in [-0.05, 0) is 66.0 Å². The molecule has 1 amide bonds. The van der Waals surface area contributed by atoms with Gasteiger partial charge in [-0.3, -0.25) is 4.79 Å². The first-order valence-electron chi connectivity index (χ1n) is 8.44. The molecule has 5 heteroatoms. The maximum absolute atomic E-state index is 12.9. The molecule has 24 heavy (non-hydrogen) atoms. The lowest BCUT2D eigenvalue weighted by Crippen LogP contribution is -2.38. The van der Waals surface area contributed by atoms with Gasteiger partial charge in [0.1, 0.15) is 0 Å². The lowest BCUT2D eigenvalue weighted by atomic mass is 10.00. The Morgan fingerprint density at radius 1 is 1.12 bits per heavy atom. The van der Waals surface area contributed by atoms with Crippen molar-refractivity contribution in [2.24, 2.45) is 0 Å². The van der Waals surface area contributed by atoms with Gasteiger partial charge in [-0.15, -0.1) is 34.9 Å². The Balaban J connectivity index is 1.50. The van der Waals surface area contributed by atoms with Crippen LogP contribution in [0.15, 0.2) is 35.7 Å². The van der Waals surface area contributed by atoms with Crippen LogP contribution in [0.4, 0.5) is 0 Å². The molecular weight excluding hydrogens is 354 g/mol. The van der Waals surface area contributed by atoms with E-state index in [2.05, 4.69) is 30.5 Å². The second-order valence-electron chi connectivity index (χ2n) is 6.27. The first kappa shape index (κ1) is 16.6. The minimum atomic E-state index is 0.162. The van der Waals surface area contributed by atoms with Crippen LogP contribution in [0.5, 0.6) is 0 Å². The zero-order valence-electron chi connectivity index (χ0n) is 13.7. The van der Waals surface area contributed by atoms with E-state index in [4.69, 9.17) is 0 Å². The fraction of sp³-hybridized carbons (Fsp3) is 0.421. The largest absolute Gasteiger partial charge is 0.331 e. The Morgan fingerprint density at radius 3 is 2.62 bits per heavy atom. The van der Waals surface area contributed by atoms with Crippen molar-refractivity contribution < 1.29 is 4.79 Å². The molecule has 0 saturated carbocycles. The third-order valence-electron chi connectivity index (χ3n) is 4.80. The van der Waals surface area contributed by atoms with E-state index in [9.17, 15) is 4.79 Å². The Hall–Kier alpha value is -0.910. The highest BCUT2D eigenvalue weighted by Crippen LogP contribution is 2.43. The third-order valence-corrected chi connectivity index (χ3v) is 8.81. The molecule has 1 saturated heterocycles. The predicted molar refractivity (Wildman–Crippen MR) is 106 cm³/mol. The molecule has 0 aliphatic carbocycles. The minimum absolute atomic E-state index is 0.162. The van der Waals surface area contributed by atoms with E-state index in [1.807, 2.05) is 51.9 Å². The fourth-order valence-corrected chi connectivity index (χ4v) is 7.27. The number of amides is 1. The molecule has 1 fully saturated rings. The van der Waals surface area contributed by atoms with Crippen LogP contribution in [0.3, 0.4) is 0 Å². The molecule has 2 nitrogen and oxygen atoms in total. The van der Waals surface area contributed by atoms with Crippen molar-refractivity contribution in [3.05, 3.63) is 57.3 Å². The first-order valence-corrected chi connectivity index (χ1v) is 11.4. The van der Waals surface area contributed by atoms with Crippen molar-refractivity contribution in [1.82, 2.24) is 4.90 Å². The van der Waals surface area contributed by atoms with Crippen LogP contribution in [-0.4, -0.2) is 28.9 Å². The maximum Gasteiger partial charge on any atom is 0.254 e. The number of rotatable bonds is 2. The highest BCUT2D eigenvalue weighted by atomic mass is 32.2. The van der Waals surface area contributed by atoms with E-state index in [0.717, 1.165) is 18.5 Å². The average molecular weight is 376 g/mol. The normalized spacial score (nSPS) is 21.5. The molecule has 3 heterocycles.